The summed E-state index contributed by atoms with van der Waals surface area (Å²) in [5.74, 6) is 0.812. The molecule has 0 spiro atoms. The third-order valence-corrected chi connectivity index (χ3v) is 4.55. The van der Waals surface area contributed by atoms with Crippen molar-refractivity contribution in [2.45, 2.75) is 44.6 Å². The molecule has 0 amide bonds. The van der Waals surface area contributed by atoms with Gasteiger partial charge in [0.2, 0.25) is 0 Å². The van der Waals surface area contributed by atoms with Crippen LogP contribution in [-0.2, 0) is 11.2 Å². The van der Waals surface area contributed by atoms with Gasteiger partial charge in [-0.15, -0.1) is 0 Å². The van der Waals surface area contributed by atoms with Gasteiger partial charge < -0.3 is 14.6 Å². The lowest BCUT2D eigenvalue weighted by Crippen LogP contribution is -2.53. The molecular weight excluding hydrogens is 254 g/mol. The molecule has 1 aromatic carbocycles. The van der Waals surface area contributed by atoms with E-state index in [2.05, 4.69) is 24.8 Å². The highest BCUT2D eigenvalue weighted by molar-refractivity contribution is 5.42. The summed E-state index contributed by atoms with van der Waals surface area (Å²) in [6.45, 7) is 5.89. The van der Waals surface area contributed by atoms with Crippen molar-refractivity contribution < 1.29 is 14.6 Å². The van der Waals surface area contributed by atoms with Crippen LogP contribution in [-0.4, -0.2) is 48.5 Å². The standard InChI is InChI=1S/C16H23NO3/c1-10-9-20-11(2)8-17(10)15-6-12-4-5-13(19-3)7-14(12)16(15)18/h4-5,7,10-11,15-16,18H,6,8-9H2,1-3H3. The average molecular weight is 277 g/mol. The molecule has 2 aliphatic rings. The maximum Gasteiger partial charge on any atom is 0.119 e. The predicted octanol–water partition coefficient (Wildman–Crippen LogP) is 1.76. The fourth-order valence-corrected chi connectivity index (χ4v) is 3.40. The monoisotopic (exact) mass is 277 g/mol. The van der Waals surface area contributed by atoms with Gasteiger partial charge in [-0.2, -0.15) is 0 Å². The molecule has 3 rings (SSSR count). The molecule has 4 atom stereocenters. The lowest BCUT2D eigenvalue weighted by molar-refractivity contribution is -0.0839. The molecule has 0 radical (unpaired) electrons. The maximum absolute atomic E-state index is 10.7. The highest BCUT2D eigenvalue weighted by atomic mass is 16.5. The number of nitrogens with zero attached hydrogens (tertiary/aromatic N) is 1. The number of rotatable bonds is 2. The van der Waals surface area contributed by atoms with Crippen molar-refractivity contribution in [1.82, 2.24) is 4.90 Å². The van der Waals surface area contributed by atoms with Gasteiger partial charge in [0.15, 0.2) is 0 Å². The van der Waals surface area contributed by atoms with Crippen molar-refractivity contribution in [2.24, 2.45) is 0 Å². The lowest BCUT2D eigenvalue weighted by Gasteiger charge is -2.41. The van der Waals surface area contributed by atoms with Gasteiger partial charge in [-0.05, 0) is 43.5 Å². The second kappa shape index (κ2) is 5.35. The van der Waals surface area contributed by atoms with Gasteiger partial charge in [-0.3, -0.25) is 4.90 Å². The van der Waals surface area contributed by atoms with Gasteiger partial charge in [0, 0.05) is 18.6 Å². The Balaban J connectivity index is 1.83. The fraction of sp³-hybridized carbons (Fsp3) is 0.625. The SMILES string of the molecule is COc1ccc2c(c1)C(O)C(N1CC(C)OCC1C)C2. The molecule has 1 heterocycles. The van der Waals surface area contributed by atoms with E-state index in [1.54, 1.807) is 7.11 Å². The van der Waals surface area contributed by atoms with Crippen LogP contribution < -0.4 is 4.74 Å². The van der Waals surface area contributed by atoms with Crippen molar-refractivity contribution >= 4 is 0 Å². The third kappa shape index (κ3) is 2.32. The third-order valence-electron chi connectivity index (χ3n) is 4.55. The zero-order valence-corrected chi connectivity index (χ0v) is 12.4. The first-order valence-electron chi connectivity index (χ1n) is 7.32. The van der Waals surface area contributed by atoms with Crippen molar-refractivity contribution in [3.8, 4) is 5.75 Å². The van der Waals surface area contributed by atoms with Gasteiger partial charge in [-0.1, -0.05) is 6.07 Å². The Labute approximate surface area is 120 Å². The first-order chi connectivity index (χ1) is 9.60. The molecule has 4 heteroatoms. The fourth-order valence-electron chi connectivity index (χ4n) is 3.40. The molecule has 4 nitrogen and oxygen atoms in total. The van der Waals surface area contributed by atoms with Crippen LogP contribution in [0, 0.1) is 0 Å². The van der Waals surface area contributed by atoms with E-state index < -0.39 is 6.10 Å². The number of aliphatic hydroxyl groups is 1. The van der Waals surface area contributed by atoms with Crippen molar-refractivity contribution in [3.63, 3.8) is 0 Å². The van der Waals surface area contributed by atoms with Gasteiger partial charge in [0.1, 0.15) is 5.75 Å². The molecule has 1 aromatic rings. The minimum Gasteiger partial charge on any atom is -0.497 e. The zero-order valence-electron chi connectivity index (χ0n) is 12.4. The van der Waals surface area contributed by atoms with Gasteiger partial charge in [-0.25, -0.2) is 0 Å². The van der Waals surface area contributed by atoms with Crippen molar-refractivity contribution in [1.29, 1.82) is 0 Å². The van der Waals surface area contributed by atoms with Gasteiger partial charge >= 0.3 is 0 Å². The molecule has 1 saturated heterocycles. The Morgan fingerprint density at radius 3 is 2.90 bits per heavy atom. The topological polar surface area (TPSA) is 41.9 Å². The molecule has 4 unspecified atom stereocenters. The van der Waals surface area contributed by atoms with E-state index >= 15 is 0 Å². The van der Waals surface area contributed by atoms with E-state index in [4.69, 9.17) is 9.47 Å². The molecule has 110 valence electrons. The summed E-state index contributed by atoms with van der Waals surface area (Å²) in [5, 5.41) is 10.7. The lowest BCUT2D eigenvalue weighted by atomic mass is 10.1. The Morgan fingerprint density at radius 1 is 1.35 bits per heavy atom. The quantitative estimate of drug-likeness (QED) is 0.894. The van der Waals surface area contributed by atoms with E-state index in [0.29, 0.717) is 6.04 Å². The highest BCUT2D eigenvalue weighted by Gasteiger charge is 2.39. The van der Waals surface area contributed by atoms with Crippen LogP contribution in [0.5, 0.6) is 5.75 Å². The number of morpholine rings is 1. The van der Waals surface area contributed by atoms with Crippen LogP contribution >= 0.6 is 0 Å². The van der Waals surface area contributed by atoms with Crippen molar-refractivity contribution in [3.05, 3.63) is 29.3 Å². The van der Waals surface area contributed by atoms with Crippen molar-refractivity contribution in [2.75, 3.05) is 20.3 Å². The molecular formula is C16H23NO3. The average Bonchev–Trinajstić information content (AvgIpc) is 2.78. The Morgan fingerprint density at radius 2 is 2.15 bits per heavy atom. The molecule has 0 bridgehead atoms. The minimum atomic E-state index is -0.437. The maximum atomic E-state index is 10.7. The molecule has 20 heavy (non-hydrogen) atoms. The summed E-state index contributed by atoms with van der Waals surface area (Å²) in [5.41, 5.74) is 2.25. The summed E-state index contributed by atoms with van der Waals surface area (Å²) >= 11 is 0. The van der Waals surface area contributed by atoms with Crippen LogP contribution in [0.1, 0.15) is 31.1 Å². The number of fused-ring (bicyclic) bond motifs is 1. The molecule has 0 saturated carbocycles. The van der Waals surface area contributed by atoms with Gasteiger partial charge in [0.25, 0.3) is 0 Å². The van der Waals surface area contributed by atoms with E-state index in [0.717, 1.165) is 30.9 Å². The van der Waals surface area contributed by atoms with Crippen LogP contribution in [0.15, 0.2) is 18.2 Å². The van der Waals surface area contributed by atoms with Crippen LogP contribution in [0.25, 0.3) is 0 Å². The van der Waals surface area contributed by atoms with Gasteiger partial charge in [0.05, 0.1) is 25.9 Å². The van der Waals surface area contributed by atoms with E-state index in [1.165, 1.54) is 5.56 Å². The number of aliphatic hydroxyl groups excluding tert-OH is 1. The second-order valence-corrected chi connectivity index (χ2v) is 5.97. The summed E-state index contributed by atoms with van der Waals surface area (Å²) < 4.78 is 10.9. The highest BCUT2D eigenvalue weighted by Crippen LogP contribution is 2.38. The molecule has 1 N–H and O–H groups in total. The number of ether oxygens (including phenoxy) is 2. The molecule has 1 fully saturated rings. The minimum absolute atomic E-state index is 0.151. The number of benzene rings is 1. The summed E-state index contributed by atoms with van der Waals surface area (Å²) in [6, 6.07) is 6.51. The Hall–Kier alpha value is -1.10. The Kier molecular flexibility index (Phi) is 3.71. The van der Waals surface area contributed by atoms with Crippen LogP contribution in [0.2, 0.25) is 0 Å². The Bertz CT molecular complexity index is 491. The largest absolute Gasteiger partial charge is 0.497 e. The molecule has 0 aromatic heterocycles. The smallest absolute Gasteiger partial charge is 0.119 e. The number of hydrogen-bond acceptors (Lipinski definition) is 4. The zero-order chi connectivity index (χ0) is 14.3. The van der Waals surface area contributed by atoms with Crippen LogP contribution in [0.3, 0.4) is 0 Å². The summed E-state index contributed by atoms with van der Waals surface area (Å²) in [6.07, 6.45) is 0.696. The molecule has 1 aliphatic carbocycles. The number of methoxy groups -OCH3 is 1. The van der Waals surface area contributed by atoms with E-state index in [9.17, 15) is 5.11 Å². The van der Waals surface area contributed by atoms with E-state index in [-0.39, 0.29) is 12.1 Å². The summed E-state index contributed by atoms with van der Waals surface area (Å²) in [7, 11) is 1.66. The first kappa shape index (κ1) is 13.9. The van der Waals surface area contributed by atoms with Crippen LogP contribution in [0.4, 0.5) is 0 Å². The number of hydrogen-bond donors (Lipinski definition) is 1. The second-order valence-electron chi connectivity index (χ2n) is 5.97. The normalized spacial score (nSPS) is 34.0. The van der Waals surface area contributed by atoms with E-state index in [1.807, 2.05) is 12.1 Å². The molecule has 1 aliphatic heterocycles. The predicted molar refractivity (Wildman–Crippen MR) is 77.0 cm³/mol. The summed E-state index contributed by atoms with van der Waals surface area (Å²) in [4.78, 5) is 2.39. The first-order valence-corrected chi connectivity index (χ1v) is 7.32.